The van der Waals surface area contributed by atoms with Crippen molar-refractivity contribution in [2.75, 3.05) is 5.73 Å². The first kappa shape index (κ1) is 11.9. The summed E-state index contributed by atoms with van der Waals surface area (Å²) < 4.78 is 2.30. The molecule has 1 aromatic carbocycles. The van der Waals surface area contributed by atoms with Crippen LogP contribution in [0.3, 0.4) is 0 Å². The first-order valence-corrected chi connectivity index (χ1v) is 6.38. The summed E-state index contributed by atoms with van der Waals surface area (Å²) in [6.45, 7) is 4.39. The lowest BCUT2D eigenvalue weighted by Gasteiger charge is -2.11. The van der Waals surface area contributed by atoms with E-state index in [4.69, 9.17) is 5.73 Å². The van der Waals surface area contributed by atoms with Gasteiger partial charge in [0.05, 0.1) is 11.1 Å². The monoisotopic (exact) mass is 229 g/mol. The van der Waals surface area contributed by atoms with Gasteiger partial charge in [-0.15, -0.1) is 0 Å². The summed E-state index contributed by atoms with van der Waals surface area (Å²) in [5.41, 5.74) is 11.2. The molecule has 0 unspecified atom stereocenters. The van der Waals surface area contributed by atoms with Crippen molar-refractivity contribution >= 4 is 16.6 Å². The molecule has 0 bridgehead atoms. The Bertz CT molecular complexity index is 544. The molecule has 2 nitrogen and oxygen atoms in total. The molecule has 0 saturated carbocycles. The smallest absolute Gasteiger partial charge is 0.214 e. The second-order valence-electron chi connectivity index (χ2n) is 4.52. The van der Waals surface area contributed by atoms with Gasteiger partial charge < -0.3 is 5.73 Å². The summed E-state index contributed by atoms with van der Waals surface area (Å²) in [5, 5.41) is 1.17. The number of nitrogen functional groups attached to an aromatic ring is 1. The Labute approximate surface area is 103 Å². The van der Waals surface area contributed by atoms with Gasteiger partial charge in [-0.2, -0.15) is 4.57 Å². The number of para-hydroxylation sites is 1. The van der Waals surface area contributed by atoms with E-state index in [-0.39, 0.29) is 0 Å². The van der Waals surface area contributed by atoms with Crippen molar-refractivity contribution in [2.45, 2.75) is 33.1 Å². The van der Waals surface area contributed by atoms with E-state index in [2.05, 4.69) is 49.7 Å². The number of aromatic nitrogens is 1. The van der Waals surface area contributed by atoms with Crippen LogP contribution in [0.15, 0.2) is 24.3 Å². The van der Waals surface area contributed by atoms with E-state index in [0.717, 1.165) is 24.9 Å². The van der Waals surface area contributed by atoms with Gasteiger partial charge in [0.1, 0.15) is 7.05 Å². The van der Waals surface area contributed by atoms with Crippen LogP contribution in [0.25, 0.3) is 10.9 Å². The summed E-state index contributed by atoms with van der Waals surface area (Å²) in [5.74, 6) is 0. The Hall–Kier alpha value is -1.57. The molecule has 90 valence electrons. The van der Waals surface area contributed by atoms with Crippen LogP contribution in [0.1, 0.15) is 31.5 Å². The average molecular weight is 229 g/mol. The summed E-state index contributed by atoms with van der Waals surface area (Å²) in [4.78, 5) is 0. The highest BCUT2D eigenvalue weighted by atomic mass is 14.9. The highest BCUT2D eigenvalue weighted by Gasteiger charge is 2.19. The largest absolute Gasteiger partial charge is 0.398 e. The lowest BCUT2D eigenvalue weighted by molar-refractivity contribution is -0.653. The van der Waals surface area contributed by atoms with E-state index >= 15 is 0 Å². The van der Waals surface area contributed by atoms with Gasteiger partial charge in [0.2, 0.25) is 5.52 Å². The van der Waals surface area contributed by atoms with E-state index in [1.165, 1.54) is 22.2 Å². The van der Waals surface area contributed by atoms with Gasteiger partial charge in [-0.1, -0.05) is 26.0 Å². The zero-order valence-corrected chi connectivity index (χ0v) is 11.0. The number of anilines is 1. The molecule has 1 heterocycles. The SMILES string of the molecule is CCCc1c(CC)c(N)c2ccccc2[n+]1C. The van der Waals surface area contributed by atoms with Crippen LogP contribution in [0.5, 0.6) is 0 Å². The van der Waals surface area contributed by atoms with Gasteiger partial charge in [-0.05, 0) is 18.9 Å². The predicted octanol–water partition coefficient (Wildman–Crippen LogP) is 2.76. The fraction of sp³-hybridized carbons (Fsp3) is 0.400. The van der Waals surface area contributed by atoms with E-state index < -0.39 is 0 Å². The number of hydrogen-bond acceptors (Lipinski definition) is 1. The zero-order valence-electron chi connectivity index (χ0n) is 11.0. The Morgan fingerprint density at radius 1 is 1.18 bits per heavy atom. The maximum atomic E-state index is 6.32. The minimum absolute atomic E-state index is 0.963. The number of pyridine rings is 1. The van der Waals surface area contributed by atoms with Crippen molar-refractivity contribution in [1.82, 2.24) is 0 Å². The van der Waals surface area contributed by atoms with Crippen molar-refractivity contribution < 1.29 is 4.57 Å². The fourth-order valence-corrected chi connectivity index (χ4v) is 2.61. The van der Waals surface area contributed by atoms with Crippen LogP contribution < -0.4 is 10.3 Å². The molecule has 0 amide bonds. The average Bonchev–Trinajstić information content (AvgIpc) is 2.36. The highest BCUT2D eigenvalue weighted by molar-refractivity contribution is 5.89. The molecule has 0 aliphatic rings. The summed E-state index contributed by atoms with van der Waals surface area (Å²) in [6, 6.07) is 8.38. The Balaban J connectivity index is 2.83. The van der Waals surface area contributed by atoms with Crippen molar-refractivity contribution in [1.29, 1.82) is 0 Å². The number of benzene rings is 1. The van der Waals surface area contributed by atoms with Gasteiger partial charge in [0.15, 0.2) is 5.69 Å². The topological polar surface area (TPSA) is 29.9 Å². The number of rotatable bonds is 3. The molecule has 0 aliphatic carbocycles. The molecule has 0 atom stereocenters. The minimum Gasteiger partial charge on any atom is -0.398 e. The van der Waals surface area contributed by atoms with Crippen LogP contribution >= 0.6 is 0 Å². The van der Waals surface area contributed by atoms with E-state index in [1.807, 2.05) is 0 Å². The molecule has 0 radical (unpaired) electrons. The number of nitrogens with zero attached hydrogens (tertiary/aromatic N) is 1. The molecule has 17 heavy (non-hydrogen) atoms. The minimum atomic E-state index is 0.963. The maximum Gasteiger partial charge on any atom is 0.214 e. The van der Waals surface area contributed by atoms with Crippen LogP contribution in [0.2, 0.25) is 0 Å². The highest BCUT2D eigenvalue weighted by Crippen LogP contribution is 2.25. The summed E-state index contributed by atoms with van der Waals surface area (Å²) in [7, 11) is 2.14. The van der Waals surface area contributed by atoms with Crippen LogP contribution in [-0.2, 0) is 19.9 Å². The van der Waals surface area contributed by atoms with E-state index in [9.17, 15) is 0 Å². The number of fused-ring (bicyclic) bond motifs is 1. The van der Waals surface area contributed by atoms with E-state index in [1.54, 1.807) is 0 Å². The van der Waals surface area contributed by atoms with Crippen LogP contribution in [0, 0.1) is 0 Å². The third-order valence-corrected chi connectivity index (χ3v) is 3.47. The Morgan fingerprint density at radius 3 is 2.53 bits per heavy atom. The molecule has 2 rings (SSSR count). The first-order chi connectivity index (χ1) is 8.20. The van der Waals surface area contributed by atoms with Gasteiger partial charge in [0, 0.05) is 18.1 Å². The third-order valence-electron chi connectivity index (χ3n) is 3.47. The number of hydrogen-bond donors (Lipinski definition) is 1. The number of nitrogens with two attached hydrogens (primary N) is 1. The Morgan fingerprint density at radius 2 is 1.88 bits per heavy atom. The molecule has 2 N–H and O–H groups in total. The van der Waals surface area contributed by atoms with Crippen molar-refractivity contribution in [3.63, 3.8) is 0 Å². The molecule has 0 saturated heterocycles. The van der Waals surface area contributed by atoms with Crippen LogP contribution in [-0.4, -0.2) is 0 Å². The summed E-state index contributed by atoms with van der Waals surface area (Å²) >= 11 is 0. The second-order valence-corrected chi connectivity index (χ2v) is 4.52. The molecule has 0 spiro atoms. The predicted molar refractivity (Wildman–Crippen MR) is 72.9 cm³/mol. The molecule has 1 aromatic heterocycles. The van der Waals surface area contributed by atoms with Gasteiger partial charge >= 0.3 is 0 Å². The first-order valence-electron chi connectivity index (χ1n) is 6.38. The molecular weight excluding hydrogens is 208 g/mol. The maximum absolute atomic E-state index is 6.32. The fourth-order valence-electron chi connectivity index (χ4n) is 2.61. The lowest BCUT2D eigenvalue weighted by atomic mass is 10.0. The molecule has 0 fully saturated rings. The number of aryl methyl sites for hydroxylation is 1. The van der Waals surface area contributed by atoms with Gasteiger partial charge in [-0.3, -0.25) is 0 Å². The quantitative estimate of drug-likeness (QED) is 0.806. The van der Waals surface area contributed by atoms with Crippen molar-refractivity contribution in [2.24, 2.45) is 7.05 Å². The normalized spacial score (nSPS) is 11.0. The third kappa shape index (κ3) is 1.88. The van der Waals surface area contributed by atoms with E-state index in [0.29, 0.717) is 0 Å². The van der Waals surface area contributed by atoms with Crippen molar-refractivity contribution in [3.05, 3.63) is 35.5 Å². The molecular formula is C15H21N2+. The van der Waals surface area contributed by atoms with Gasteiger partial charge in [-0.25, -0.2) is 0 Å². The molecule has 2 heteroatoms. The second kappa shape index (κ2) is 4.74. The summed E-state index contributed by atoms with van der Waals surface area (Å²) in [6.07, 6.45) is 3.24. The Kier molecular flexibility index (Phi) is 3.32. The van der Waals surface area contributed by atoms with Crippen LogP contribution in [0.4, 0.5) is 5.69 Å². The van der Waals surface area contributed by atoms with Gasteiger partial charge in [0.25, 0.3) is 0 Å². The zero-order chi connectivity index (χ0) is 12.4. The molecule has 2 aromatic rings. The molecule has 0 aliphatic heterocycles. The standard InChI is InChI=1S/C15H20N2/c1-4-8-13-11(5-2)15(16)12-9-6-7-10-14(12)17(13)3/h6-7,9-10,16H,4-5,8H2,1-3H3/p+1. The lowest BCUT2D eigenvalue weighted by Crippen LogP contribution is -2.36. The van der Waals surface area contributed by atoms with Crippen molar-refractivity contribution in [3.8, 4) is 0 Å².